The average molecular weight is 640 g/mol. The largest absolute Gasteiger partial charge is 0.494 e. The number of rotatable bonds is 16. The Bertz CT molecular complexity index is 1670. The molecule has 0 saturated heterocycles. The van der Waals surface area contributed by atoms with Crippen LogP contribution < -0.4 is 14.4 Å². The zero-order chi connectivity index (χ0) is 30.1. The van der Waals surface area contributed by atoms with Crippen LogP contribution in [0.5, 0.6) is 11.5 Å². The minimum absolute atomic E-state index is 0.767. The molecular weight excluding hydrogens is 599 g/mol. The normalized spacial score (nSPS) is 11.4. The van der Waals surface area contributed by atoms with Crippen molar-refractivity contribution in [1.29, 1.82) is 0 Å². The number of anilines is 3. The van der Waals surface area contributed by atoms with Gasteiger partial charge in [-0.2, -0.15) is 0 Å². The van der Waals surface area contributed by atoms with Crippen molar-refractivity contribution in [3.8, 4) is 21.9 Å². The van der Waals surface area contributed by atoms with Gasteiger partial charge in [0, 0.05) is 31.3 Å². The van der Waals surface area contributed by atoms with Crippen LogP contribution in [0.2, 0.25) is 0 Å². The molecule has 0 aliphatic carbocycles. The molecular formula is C38H41NO2S3. The van der Waals surface area contributed by atoms with Crippen molar-refractivity contribution in [1.82, 2.24) is 0 Å². The van der Waals surface area contributed by atoms with Crippen LogP contribution in [0.25, 0.3) is 29.2 Å². The smallest absolute Gasteiger partial charge is 0.119 e. The molecule has 0 bridgehead atoms. The summed E-state index contributed by atoms with van der Waals surface area (Å²) in [7, 11) is 0. The van der Waals surface area contributed by atoms with Gasteiger partial charge in [-0.3, -0.25) is 0 Å². The molecule has 3 aromatic heterocycles. The first kappa shape index (κ1) is 30.7. The van der Waals surface area contributed by atoms with Gasteiger partial charge in [0.25, 0.3) is 0 Å². The number of nitrogens with zero attached hydrogens (tertiary/aromatic N) is 1. The molecule has 3 aromatic carbocycles. The van der Waals surface area contributed by atoms with E-state index in [2.05, 4.69) is 109 Å². The zero-order valence-electron chi connectivity index (χ0n) is 25.7. The van der Waals surface area contributed by atoms with E-state index >= 15 is 0 Å². The maximum absolute atomic E-state index is 6.05. The van der Waals surface area contributed by atoms with Gasteiger partial charge < -0.3 is 14.4 Å². The van der Waals surface area contributed by atoms with Gasteiger partial charge in [-0.05, 0) is 96.6 Å². The Morgan fingerprint density at radius 3 is 1.64 bits per heavy atom. The monoisotopic (exact) mass is 639 g/mol. The molecule has 0 radical (unpaired) electrons. The van der Waals surface area contributed by atoms with Crippen LogP contribution in [0, 0.1) is 0 Å². The van der Waals surface area contributed by atoms with Crippen molar-refractivity contribution in [3.05, 3.63) is 90.3 Å². The number of thiophene rings is 3. The Morgan fingerprint density at radius 2 is 1.09 bits per heavy atom. The third kappa shape index (κ3) is 7.31. The van der Waals surface area contributed by atoms with Crippen LogP contribution in [-0.4, -0.2) is 13.2 Å². The lowest BCUT2D eigenvalue weighted by Crippen LogP contribution is -2.10. The number of fused-ring (bicyclic) bond motifs is 3. The van der Waals surface area contributed by atoms with E-state index in [1.54, 1.807) is 0 Å². The Kier molecular flexibility index (Phi) is 10.5. The van der Waals surface area contributed by atoms with E-state index in [4.69, 9.17) is 9.47 Å². The highest BCUT2D eigenvalue weighted by Gasteiger charge is 2.15. The summed E-state index contributed by atoms with van der Waals surface area (Å²) in [4.78, 5) is 3.63. The highest BCUT2D eigenvalue weighted by atomic mass is 32.1. The summed E-state index contributed by atoms with van der Waals surface area (Å²) in [6, 6.07) is 30.6. The molecule has 6 aromatic rings. The fourth-order valence-corrected chi connectivity index (χ4v) is 9.23. The van der Waals surface area contributed by atoms with Gasteiger partial charge in [-0.25, -0.2) is 0 Å². The van der Waals surface area contributed by atoms with E-state index in [1.807, 2.05) is 34.0 Å². The third-order valence-corrected chi connectivity index (χ3v) is 11.5. The van der Waals surface area contributed by atoms with Crippen molar-refractivity contribution >= 4 is 69.9 Å². The molecule has 3 nitrogen and oxygen atoms in total. The summed E-state index contributed by atoms with van der Waals surface area (Å²) in [6.45, 7) is 6.01. The highest BCUT2D eigenvalue weighted by Crippen LogP contribution is 2.45. The fourth-order valence-electron chi connectivity index (χ4n) is 5.46. The van der Waals surface area contributed by atoms with Gasteiger partial charge in [-0.15, -0.1) is 34.0 Å². The summed E-state index contributed by atoms with van der Waals surface area (Å²) >= 11 is 5.64. The molecule has 6 heteroatoms. The van der Waals surface area contributed by atoms with Crippen molar-refractivity contribution in [2.45, 2.75) is 65.2 Å². The van der Waals surface area contributed by atoms with E-state index in [0.717, 1.165) is 54.6 Å². The first-order valence-electron chi connectivity index (χ1n) is 16.0. The van der Waals surface area contributed by atoms with E-state index in [-0.39, 0.29) is 0 Å². The van der Waals surface area contributed by atoms with Gasteiger partial charge in [-0.1, -0.05) is 64.5 Å². The molecule has 0 aliphatic rings. The van der Waals surface area contributed by atoms with Crippen molar-refractivity contribution in [2.24, 2.45) is 0 Å². The van der Waals surface area contributed by atoms with E-state index in [0.29, 0.717) is 0 Å². The van der Waals surface area contributed by atoms with Gasteiger partial charge in [0.05, 0.1) is 22.6 Å². The second-order valence-corrected chi connectivity index (χ2v) is 14.3. The van der Waals surface area contributed by atoms with Gasteiger partial charge in [0.2, 0.25) is 0 Å². The molecule has 0 spiro atoms. The summed E-state index contributed by atoms with van der Waals surface area (Å²) in [5.41, 5.74) is 4.57. The fraction of sp³-hybridized carbons (Fsp3) is 0.316. The third-order valence-electron chi connectivity index (χ3n) is 7.89. The van der Waals surface area contributed by atoms with E-state index < -0.39 is 0 Å². The SMILES string of the molecule is CCCCCCOc1ccc(N(c2ccc(OCCCCCC)cc2)c2ccc(-c3cc4sc5ccsc5c4s3)cc2)cc1. The molecule has 228 valence electrons. The standard InChI is InChI=1S/C38H41NO2S3/c1-3-5-7-9-24-40-32-19-15-30(16-20-32)39(31-17-21-33(22-18-31)41-25-10-8-6-4-2)29-13-11-28(12-14-29)35-27-36-38(44-35)37-34(43-36)23-26-42-37/h11-23,26-27H,3-10,24-25H2,1-2H3. The van der Waals surface area contributed by atoms with E-state index in [9.17, 15) is 0 Å². The Balaban J connectivity index is 1.22. The first-order chi connectivity index (χ1) is 21.7. The van der Waals surface area contributed by atoms with E-state index in [1.165, 1.54) is 67.8 Å². The molecule has 0 atom stereocenters. The number of ether oxygens (including phenoxy) is 2. The van der Waals surface area contributed by atoms with Gasteiger partial charge >= 0.3 is 0 Å². The van der Waals surface area contributed by atoms with Crippen LogP contribution in [0.15, 0.2) is 90.3 Å². The first-order valence-corrected chi connectivity index (χ1v) is 18.5. The number of unbranched alkanes of at least 4 members (excludes halogenated alkanes) is 6. The maximum Gasteiger partial charge on any atom is 0.119 e. The predicted molar refractivity (Wildman–Crippen MR) is 194 cm³/mol. The van der Waals surface area contributed by atoms with Gasteiger partial charge in [0.15, 0.2) is 0 Å². The average Bonchev–Trinajstić information content (AvgIpc) is 3.76. The summed E-state index contributed by atoms with van der Waals surface area (Å²) < 4.78 is 17.7. The molecule has 0 unspecified atom stereocenters. The number of hydrogen-bond donors (Lipinski definition) is 0. The summed E-state index contributed by atoms with van der Waals surface area (Å²) in [5, 5.41) is 2.20. The van der Waals surface area contributed by atoms with Gasteiger partial charge in [0.1, 0.15) is 11.5 Å². The van der Waals surface area contributed by atoms with Crippen molar-refractivity contribution < 1.29 is 9.47 Å². The predicted octanol–water partition coefficient (Wildman–Crippen LogP) is 13.2. The molecule has 0 saturated carbocycles. The van der Waals surface area contributed by atoms with Crippen LogP contribution in [-0.2, 0) is 0 Å². The maximum atomic E-state index is 6.05. The minimum Gasteiger partial charge on any atom is -0.494 e. The Labute approximate surface area is 273 Å². The lowest BCUT2D eigenvalue weighted by atomic mass is 10.1. The molecule has 0 aliphatic heterocycles. The van der Waals surface area contributed by atoms with Crippen molar-refractivity contribution in [3.63, 3.8) is 0 Å². The molecule has 0 N–H and O–H groups in total. The molecule has 0 fully saturated rings. The zero-order valence-corrected chi connectivity index (χ0v) is 28.2. The number of benzene rings is 3. The van der Waals surface area contributed by atoms with Crippen LogP contribution in [0.4, 0.5) is 17.1 Å². The highest BCUT2D eigenvalue weighted by molar-refractivity contribution is 7.38. The number of hydrogen-bond acceptors (Lipinski definition) is 6. The van der Waals surface area contributed by atoms with Crippen LogP contribution >= 0.6 is 34.0 Å². The summed E-state index contributed by atoms with van der Waals surface area (Å²) in [6.07, 6.45) is 9.65. The van der Waals surface area contributed by atoms with Crippen LogP contribution in [0.1, 0.15) is 65.2 Å². The lowest BCUT2D eigenvalue weighted by molar-refractivity contribution is 0.305. The topological polar surface area (TPSA) is 21.7 Å². The second kappa shape index (κ2) is 15.1. The Morgan fingerprint density at radius 1 is 0.545 bits per heavy atom. The molecule has 44 heavy (non-hydrogen) atoms. The molecule has 6 rings (SSSR count). The molecule has 3 heterocycles. The second-order valence-electron chi connectivity index (χ2n) is 11.2. The minimum atomic E-state index is 0.767. The van der Waals surface area contributed by atoms with Crippen LogP contribution in [0.3, 0.4) is 0 Å². The lowest BCUT2D eigenvalue weighted by Gasteiger charge is -2.26. The van der Waals surface area contributed by atoms with Crippen molar-refractivity contribution in [2.75, 3.05) is 18.1 Å². The Hall–Kier alpha value is -3.32. The summed E-state index contributed by atoms with van der Waals surface area (Å²) in [5.74, 6) is 1.84. The quantitative estimate of drug-likeness (QED) is 0.0984. The molecule has 0 amide bonds.